The van der Waals surface area contributed by atoms with Gasteiger partial charge >= 0.3 is 0 Å². The van der Waals surface area contributed by atoms with Gasteiger partial charge in [-0.05, 0) is 36.3 Å². The van der Waals surface area contributed by atoms with Crippen molar-refractivity contribution in [3.63, 3.8) is 0 Å². The summed E-state index contributed by atoms with van der Waals surface area (Å²) in [6, 6.07) is 8.30. The molecule has 2 aliphatic rings. The number of nitrogens with one attached hydrogen (secondary N) is 1. The van der Waals surface area contributed by atoms with Crippen LogP contribution in [-0.4, -0.2) is 29.8 Å². The Kier molecular flexibility index (Phi) is 6.70. The molecule has 2 amide bonds. The smallest absolute Gasteiger partial charge is 0.242 e. The summed E-state index contributed by atoms with van der Waals surface area (Å²) in [5, 5.41) is 2.93. The molecule has 1 heterocycles. The van der Waals surface area contributed by atoms with Crippen LogP contribution < -0.4 is 5.32 Å². The van der Waals surface area contributed by atoms with Gasteiger partial charge in [0.2, 0.25) is 11.8 Å². The fourth-order valence-electron chi connectivity index (χ4n) is 4.48. The molecule has 1 fully saturated rings. The molecular weight excluding hydrogens is 324 g/mol. The molecule has 142 valence electrons. The largest absolute Gasteiger partial charge is 0.347 e. The molecular formula is C22H32N2O2. The van der Waals surface area contributed by atoms with Crippen LogP contribution >= 0.6 is 0 Å². The second kappa shape index (κ2) is 9.20. The summed E-state index contributed by atoms with van der Waals surface area (Å²) in [5.41, 5.74) is 2.56. The first kappa shape index (κ1) is 18.9. The first-order valence-corrected chi connectivity index (χ1v) is 10.3. The summed E-state index contributed by atoms with van der Waals surface area (Å²) in [6.45, 7) is 3.66. The Balaban J connectivity index is 1.48. The molecule has 1 aromatic carbocycles. The number of rotatable bonds is 7. The predicted octanol–water partition coefficient (Wildman–Crippen LogP) is 3.68. The van der Waals surface area contributed by atoms with E-state index < -0.39 is 0 Å². The van der Waals surface area contributed by atoms with Crippen molar-refractivity contribution in [1.29, 1.82) is 0 Å². The number of nitrogens with zero attached hydrogens (tertiary/aromatic N) is 1. The van der Waals surface area contributed by atoms with Crippen LogP contribution in [0.2, 0.25) is 0 Å². The molecule has 1 N–H and O–H groups in total. The number of carbonyl (C=O) groups excluding carboxylic acids is 2. The minimum absolute atomic E-state index is 0.0315. The van der Waals surface area contributed by atoms with Crippen LogP contribution in [0.4, 0.5) is 0 Å². The quantitative estimate of drug-likeness (QED) is 0.810. The maximum atomic E-state index is 12.6. The number of benzene rings is 1. The van der Waals surface area contributed by atoms with Gasteiger partial charge in [0.1, 0.15) is 0 Å². The Morgan fingerprint density at radius 2 is 1.92 bits per heavy atom. The van der Waals surface area contributed by atoms with Crippen molar-refractivity contribution in [2.24, 2.45) is 11.8 Å². The van der Waals surface area contributed by atoms with Crippen LogP contribution in [0.1, 0.15) is 63.0 Å². The summed E-state index contributed by atoms with van der Waals surface area (Å²) >= 11 is 0. The normalized spacial score (nSPS) is 18.4. The zero-order chi connectivity index (χ0) is 18.4. The minimum atomic E-state index is 0.0315. The highest BCUT2D eigenvalue weighted by molar-refractivity contribution is 5.86. The highest BCUT2D eigenvalue weighted by Gasteiger charge is 2.26. The monoisotopic (exact) mass is 356 g/mol. The molecule has 0 aromatic heterocycles. The summed E-state index contributed by atoms with van der Waals surface area (Å²) in [7, 11) is 0. The zero-order valence-corrected chi connectivity index (χ0v) is 16.0. The van der Waals surface area contributed by atoms with Crippen molar-refractivity contribution in [3.05, 3.63) is 35.4 Å². The molecule has 1 saturated carbocycles. The molecule has 1 aromatic rings. The van der Waals surface area contributed by atoms with Crippen molar-refractivity contribution < 1.29 is 9.59 Å². The van der Waals surface area contributed by atoms with Crippen LogP contribution in [0.15, 0.2) is 24.3 Å². The second-order valence-electron chi connectivity index (χ2n) is 7.92. The summed E-state index contributed by atoms with van der Waals surface area (Å²) in [6.07, 6.45) is 8.97. The van der Waals surface area contributed by atoms with E-state index in [2.05, 4.69) is 30.4 Å². The Labute approximate surface area is 157 Å². The van der Waals surface area contributed by atoms with E-state index in [4.69, 9.17) is 0 Å². The van der Waals surface area contributed by atoms with Gasteiger partial charge < -0.3 is 10.2 Å². The molecule has 0 spiro atoms. The lowest BCUT2D eigenvalue weighted by Gasteiger charge is -2.29. The fourth-order valence-corrected chi connectivity index (χ4v) is 4.48. The average Bonchev–Trinajstić information content (AvgIpc) is 3.18. The summed E-state index contributed by atoms with van der Waals surface area (Å²) in [4.78, 5) is 27.0. The Morgan fingerprint density at radius 1 is 1.19 bits per heavy atom. The van der Waals surface area contributed by atoms with E-state index in [0.717, 1.165) is 32.2 Å². The molecule has 0 radical (unpaired) electrons. The lowest BCUT2D eigenvalue weighted by atomic mass is 9.89. The Morgan fingerprint density at radius 3 is 2.65 bits per heavy atom. The van der Waals surface area contributed by atoms with Crippen LogP contribution in [0.25, 0.3) is 0 Å². The third-order valence-corrected chi connectivity index (χ3v) is 6.00. The van der Waals surface area contributed by atoms with Gasteiger partial charge in [-0.25, -0.2) is 0 Å². The third-order valence-electron chi connectivity index (χ3n) is 6.00. The molecule has 0 saturated heterocycles. The number of amides is 2. The maximum absolute atomic E-state index is 12.6. The second-order valence-corrected chi connectivity index (χ2v) is 7.92. The van der Waals surface area contributed by atoms with Crippen LogP contribution in [-0.2, 0) is 22.6 Å². The lowest BCUT2D eigenvalue weighted by molar-refractivity contribution is -0.134. The van der Waals surface area contributed by atoms with Crippen LogP contribution in [0.3, 0.4) is 0 Å². The van der Waals surface area contributed by atoms with Crippen molar-refractivity contribution in [2.45, 2.75) is 64.8 Å². The Hall–Kier alpha value is -1.84. The molecule has 1 atom stereocenters. The zero-order valence-electron chi connectivity index (χ0n) is 16.0. The van der Waals surface area contributed by atoms with Gasteiger partial charge in [-0.2, -0.15) is 0 Å². The number of hydrogen-bond donors (Lipinski definition) is 1. The minimum Gasteiger partial charge on any atom is -0.347 e. The maximum Gasteiger partial charge on any atom is 0.242 e. The highest BCUT2D eigenvalue weighted by atomic mass is 16.2. The van der Waals surface area contributed by atoms with Crippen molar-refractivity contribution in [3.8, 4) is 0 Å². The molecule has 0 bridgehead atoms. The summed E-state index contributed by atoms with van der Waals surface area (Å²) < 4.78 is 0. The Bertz CT molecular complexity index is 622. The first-order valence-electron chi connectivity index (χ1n) is 10.3. The molecule has 3 rings (SSSR count). The molecule has 26 heavy (non-hydrogen) atoms. The SMILES string of the molecule is CCCC(CC1CCCC1)C(=O)NCC(=O)N1CCc2ccccc2C1. The van der Waals surface area contributed by atoms with Crippen molar-refractivity contribution in [2.75, 3.05) is 13.1 Å². The van der Waals surface area contributed by atoms with E-state index in [-0.39, 0.29) is 24.3 Å². The fraction of sp³-hybridized carbons (Fsp3) is 0.636. The van der Waals surface area contributed by atoms with E-state index in [1.807, 2.05) is 11.0 Å². The molecule has 4 heteroatoms. The topological polar surface area (TPSA) is 49.4 Å². The average molecular weight is 357 g/mol. The summed E-state index contributed by atoms with van der Waals surface area (Å²) in [5.74, 6) is 0.873. The lowest BCUT2D eigenvalue weighted by Crippen LogP contribution is -2.44. The number of hydrogen-bond acceptors (Lipinski definition) is 2. The number of carbonyl (C=O) groups is 2. The molecule has 1 aliphatic carbocycles. The van der Waals surface area contributed by atoms with Crippen LogP contribution in [0, 0.1) is 11.8 Å². The molecule has 4 nitrogen and oxygen atoms in total. The molecule has 1 aliphatic heterocycles. The van der Waals surface area contributed by atoms with E-state index in [1.54, 1.807) is 0 Å². The van der Waals surface area contributed by atoms with Gasteiger partial charge in [0.05, 0.1) is 6.54 Å². The van der Waals surface area contributed by atoms with Gasteiger partial charge in [-0.1, -0.05) is 63.3 Å². The standard InChI is InChI=1S/C22H32N2O2/c1-2-7-19(14-17-8-3-4-9-17)22(26)23-15-21(25)24-13-12-18-10-5-6-11-20(18)16-24/h5-6,10-11,17,19H,2-4,7-9,12-16H2,1H3,(H,23,26). The van der Waals surface area contributed by atoms with E-state index in [0.29, 0.717) is 12.5 Å². The van der Waals surface area contributed by atoms with E-state index >= 15 is 0 Å². The first-order chi connectivity index (χ1) is 12.7. The van der Waals surface area contributed by atoms with Gasteiger partial charge in [-0.3, -0.25) is 9.59 Å². The van der Waals surface area contributed by atoms with Gasteiger partial charge in [-0.15, -0.1) is 0 Å². The highest BCUT2D eigenvalue weighted by Crippen LogP contribution is 2.31. The van der Waals surface area contributed by atoms with Crippen LogP contribution in [0.5, 0.6) is 0 Å². The van der Waals surface area contributed by atoms with Gasteiger partial charge in [0.15, 0.2) is 0 Å². The van der Waals surface area contributed by atoms with E-state index in [1.165, 1.54) is 36.8 Å². The molecule has 1 unspecified atom stereocenters. The van der Waals surface area contributed by atoms with Crippen molar-refractivity contribution in [1.82, 2.24) is 10.2 Å². The number of fused-ring (bicyclic) bond motifs is 1. The predicted molar refractivity (Wildman–Crippen MR) is 104 cm³/mol. The van der Waals surface area contributed by atoms with Gasteiger partial charge in [0, 0.05) is 19.0 Å². The van der Waals surface area contributed by atoms with E-state index in [9.17, 15) is 9.59 Å². The van der Waals surface area contributed by atoms with Crippen molar-refractivity contribution >= 4 is 11.8 Å². The van der Waals surface area contributed by atoms with Gasteiger partial charge in [0.25, 0.3) is 0 Å². The third kappa shape index (κ3) is 4.87.